The Hall–Kier alpha value is -3.20. The minimum Gasteiger partial charge on any atom is -0.461 e. The van der Waals surface area contributed by atoms with Gasteiger partial charge in [0.15, 0.2) is 17.0 Å². The zero-order chi connectivity index (χ0) is 19.2. The first-order valence-corrected chi connectivity index (χ1v) is 9.70. The third-order valence-corrected chi connectivity index (χ3v) is 5.88. The van der Waals surface area contributed by atoms with E-state index in [9.17, 15) is 13.2 Å². The molecule has 4 aromatic rings. The molecule has 138 valence electrons. The van der Waals surface area contributed by atoms with Gasteiger partial charge in [0.05, 0.1) is 29.4 Å². The molecule has 4 rings (SSSR count). The maximum atomic E-state index is 13.0. The van der Waals surface area contributed by atoms with Crippen LogP contribution in [0.25, 0.3) is 16.8 Å². The molecule has 0 aliphatic rings. The van der Waals surface area contributed by atoms with Crippen LogP contribution in [0.5, 0.6) is 0 Å². The van der Waals surface area contributed by atoms with Crippen LogP contribution in [0.1, 0.15) is 23.0 Å². The predicted octanol–water partition coefficient (Wildman–Crippen LogP) is 2.41. The number of carbonyl (C=O) groups excluding carboxylic acids is 1. The monoisotopic (exact) mass is 384 g/mol. The number of aromatic nitrogens is 4. The van der Waals surface area contributed by atoms with Crippen molar-refractivity contribution < 1.29 is 17.9 Å². The van der Waals surface area contributed by atoms with Crippen molar-refractivity contribution in [3.63, 3.8) is 0 Å². The number of carbonyl (C=O) groups is 1. The number of benzene rings is 1. The third-order valence-electron chi connectivity index (χ3n) is 4.20. The number of imidazole rings is 1. The minimum absolute atomic E-state index is 0.156. The topological polar surface area (TPSA) is 95.6 Å². The number of aryl methyl sites for hydroxylation is 1. The fourth-order valence-corrected chi connectivity index (χ4v) is 4.19. The lowest BCUT2D eigenvalue weighted by atomic mass is 10.2. The normalized spacial score (nSPS) is 11.9. The van der Waals surface area contributed by atoms with E-state index in [1.54, 1.807) is 41.7 Å². The summed E-state index contributed by atoms with van der Waals surface area (Å²) in [6.45, 7) is 3.82. The van der Waals surface area contributed by atoms with Gasteiger partial charge in [-0.2, -0.15) is 0 Å². The molecule has 8 nitrogen and oxygen atoms in total. The van der Waals surface area contributed by atoms with E-state index < -0.39 is 16.0 Å². The van der Waals surface area contributed by atoms with Crippen molar-refractivity contribution in [2.75, 3.05) is 6.61 Å². The van der Waals surface area contributed by atoms with Gasteiger partial charge in [0, 0.05) is 6.20 Å². The van der Waals surface area contributed by atoms with Crippen LogP contribution >= 0.6 is 0 Å². The van der Waals surface area contributed by atoms with Crippen molar-refractivity contribution in [3.05, 3.63) is 60.2 Å². The van der Waals surface area contributed by atoms with Crippen molar-refractivity contribution in [2.24, 2.45) is 0 Å². The molecule has 0 saturated heterocycles. The first-order valence-electron chi connectivity index (χ1n) is 8.26. The highest BCUT2D eigenvalue weighted by Gasteiger charge is 2.22. The van der Waals surface area contributed by atoms with Crippen molar-refractivity contribution >= 4 is 32.8 Å². The molecule has 9 heteroatoms. The first-order chi connectivity index (χ1) is 12.9. The number of nitrogens with zero attached hydrogens (tertiary/aromatic N) is 4. The highest BCUT2D eigenvalue weighted by atomic mass is 32.2. The molecule has 0 N–H and O–H groups in total. The largest absolute Gasteiger partial charge is 0.461 e. The zero-order valence-corrected chi connectivity index (χ0v) is 15.5. The number of ether oxygens (including phenoxy) is 1. The van der Waals surface area contributed by atoms with Gasteiger partial charge in [0.25, 0.3) is 10.0 Å². The van der Waals surface area contributed by atoms with E-state index >= 15 is 0 Å². The lowest BCUT2D eigenvalue weighted by Crippen LogP contribution is -2.13. The van der Waals surface area contributed by atoms with Crippen molar-refractivity contribution in [1.82, 2.24) is 18.3 Å². The van der Waals surface area contributed by atoms with E-state index in [1.165, 1.54) is 18.6 Å². The second-order valence-electron chi connectivity index (χ2n) is 5.95. The van der Waals surface area contributed by atoms with Crippen molar-refractivity contribution in [1.29, 1.82) is 0 Å². The molecule has 3 heterocycles. The van der Waals surface area contributed by atoms with E-state index in [4.69, 9.17) is 4.74 Å². The van der Waals surface area contributed by atoms with Crippen molar-refractivity contribution in [2.45, 2.75) is 18.7 Å². The molecular weight excluding hydrogens is 368 g/mol. The molecule has 0 radical (unpaired) electrons. The van der Waals surface area contributed by atoms with Gasteiger partial charge in [-0.25, -0.2) is 27.2 Å². The Morgan fingerprint density at radius 2 is 1.85 bits per heavy atom. The van der Waals surface area contributed by atoms with Crippen LogP contribution in [0, 0.1) is 6.92 Å². The van der Waals surface area contributed by atoms with Crippen LogP contribution in [0.2, 0.25) is 0 Å². The first kappa shape index (κ1) is 17.2. The van der Waals surface area contributed by atoms with E-state index in [0.29, 0.717) is 11.2 Å². The lowest BCUT2D eigenvalue weighted by molar-refractivity contribution is 0.0518. The molecule has 0 aliphatic heterocycles. The maximum Gasteiger partial charge on any atom is 0.356 e. The second kappa shape index (κ2) is 6.20. The van der Waals surface area contributed by atoms with E-state index in [-0.39, 0.29) is 22.8 Å². The Morgan fingerprint density at radius 1 is 1.11 bits per heavy atom. The number of esters is 1. The van der Waals surface area contributed by atoms with Crippen LogP contribution in [0.4, 0.5) is 0 Å². The average Bonchev–Trinajstić information content (AvgIpc) is 3.26. The Balaban J connectivity index is 1.94. The highest BCUT2D eigenvalue weighted by Crippen LogP contribution is 2.23. The number of rotatable bonds is 4. The van der Waals surface area contributed by atoms with Gasteiger partial charge in [-0.05, 0) is 32.0 Å². The van der Waals surface area contributed by atoms with Crippen LogP contribution in [0.15, 0.2) is 53.8 Å². The fourth-order valence-electron chi connectivity index (χ4n) is 2.89. The van der Waals surface area contributed by atoms with Crippen LogP contribution < -0.4 is 0 Å². The molecule has 1 aromatic carbocycles. The Bertz CT molecular complexity index is 1270. The Labute approximate surface area is 155 Å². The molecule has 0 aliphatic carbocycles. The van der Waals surface area contributed by atoms with Gasteiger partial charge in [0.1, 0.15) is 0 Å². The summed E-state index contributed by atoms with van der Waals surface area (Å²) in [5.41, 5.74) is 2.25. The molecule has 0 unspecified atom stereocenters. The Morgan fingerprint density at radius 3 is 2.56 bits per heavy atom. The molecule has 27 heavy (non-hydrogen) atoms. The summed E-state index contributed by atoms with van der Waals surface area (Å²) >= 11 is 0. The summed E-state index contributed by atoms with van der Waals surface area (Å²) in [5, 5.41) is 0. The molecule has 0 spiro atoms. The highest BCUT2D eigenvalue weighted by molar-refractivity contribution is 7.90. The molecule has 0 fully saturated rings. The van der Waals surface area contributed by atoms with E-state index in [2.05, 4.69) is 9.97 Å². The van der Waals surface area contributed by atoms with Gasteiger partial charge < -0.3 is 4.74 Å². The SMILES string of the molecule is CCOC(=O)c1cnc2cnc3c(ccn3S(=O)(=O)c3ccc(C)cc3)n12. The minimum atomic E-state index is -3.83. The van der Waals surface area contributed by atoms with Crippen LogP contribution in [-0.4, -0.2) is 39.3 Å². The number of fused-ring (bicyclic) bond motifs is 3. The lowest BCUT2D eigenvalue weighted by Gasteiger charge is -2.08. The van der Waals surface area contributed by atoms with Crippen LogP contribution in [-0.2, 0) is 14.8 Å². The third kappa shape index (κ3) is 2.67. The number of hydrogen-bond acceptors (Lipinski definition) is 6. The molecule has 3 aromatic heterocycles. The van der Waals surface area contributed by atoms with Gasteiger partial charge in [-0.3, -0.25) is 4.40 Å². The smallest absolute Gasteiger partial charge is 0.356 e. The quantitative estimate of drug-likeness (QED) is 0.502. The number of hydrogen-bond donors (Lipinski definition) is 0. The summed E-state index contributed by atoms with van der Waals surface area (Å²) in [6.07, 6.45) is 4.23. The van der Waals surface area contributed by atoms with E-state index in [0.717, 1.165) is 9.54 Å². The molecular formula is C18H16N4O4S. The van der Waals surface area contributed by atoms with Gasteiger partial charge in [-0.1, -0.05) is 17.7 Å². The predicted molar refractivity (Wildman–Crippen MR) is 98.2 cm³/mol. The Kier molecular flexibility index (Phi) is 3.96. The van der Waals surface area contributed by atoms with Gasteiger partial charge >= 0.3 is 5.97 Å². The van der Waals surface area contributed by atoms with Crippen LogP contribution in [0.3, 0.4) is 0 Å². The van der Waals surface area contributed by atoms with Gasteiger partial charge in [0.2, 0.25) is 0 Å². The standard InChI is InChI=1S/C18H16N4O4S/c1-3-26-18(23)15-10-19-16-11-20-17-14(22(15)16)8-9-21(17)27(24,25)13-6-4-12(2)5-7-13/h4-11H,3H2,1-2H3. The average molecular weight is 384 g/mol. The summed E-state index contributed by atoms with van der Waals surface area (Å²) in [6, 6.07) is 8.16. The summed E-state index contributed by atoms with van der Waals surface area (Å²) < 4.78 is 33.7. The summed E-state index contributed by atoms with van der Waals surface area (Å²) in [4.78, 5) is 20.7. The summed E-state index contributed by atoms with van der Waals surface area (Å²) in [5.74, 6) is -0.536. The molecule has 0 amide bonds. The fraction of sp³-hybridized carbons (Fsp3) is 0.167. The summed E-state index contributed by atoms with van der Waals surface area (Å²) in [7, 11) is -3.83. The molecule has 0 atom stereocenters. The zero-order valence-electron chi connectivity index (χ0n) is 14.7. The van der Waals surface area contributed by atoms with E-state index in [1.807, 2.05) is 6.92 Å². The second-order valence-corrected chi connectivity index (χ2v) is 7.77. The van der Waals surface area contributed by atoms with Gasteiger partial charge in [-0.15, -0.1) is 0 Å². The molecule has 0 bridgehead atoms. The maximum absolute atomic E-state index is 13.0. The molecule has 0 saturated carbocycles. The van der Waals surface area contributed by atoms with Crippen molar-refractivity contribution in [3.8, 4) is 0 Å².